The SMILES string of the molecule is CC(Cc1ccccc1F)Nc1ccccc1Cl. The molecule has 2 aromatic carbocycles. The molecule has 18 heavy (non-hydrogen) atoms. The Morgan fingerprint density at radius 1 is 1.11 bits per heavy atom. The Morgan fingerprint density at radius 3 is 2.50 bits per heavy atom. The maximum atomic E-state index is 13.5. The summed E-state index contributed by atoms with van der Waals surface area (Å²) in [5.74, 6) is -0.162. The fourth-order valence-corrected chi connectivity index (χ4v) is 2.08. The number of para-hydroxylation sites is 1. The van der Waals surface area contributed by atoms with Crippen LogP contribution in [0.15, 0.2) is 48.5 Å². The second-order valence-electron chi connectivity index (χ2n) is 4.32. The molecule has 0 bridgehead atoms. The minimum atomic E-state index is -0.162. The summed E-state index contributed by atoms with van der Waals surface area (Å²) >= 11 is 6.07. The second kappa shape index (κ2) is 5.87. The van der Waals surface area contributed by atoms with E-state index < -0.39 is 0 Å². The Kier molecular flexibility index (Phi) is 4.21. The standard InChI is InChI=1S/C15H15ClFN/c1-11(10-12-6-2-4-8-14(12)17)18-15-9-5-3-7-13(15)16/h2-9,11,18H,10H2,1H3. The van der Waals surface area contributed by atoms with E-state index in [2.05, 4.69) is 5.32 Å². The molecule has 0 heterocycles. The minimum Gasteiger partial charge on any atom is -0.381 e. The lowest BCUT2D eigenvalue weighted by molar-refractivity contribution is 0.601. The third-order valence-corrected chi connectivity index (χ3v) is 3.09. The third-order valence-electron chi connectivity index (χ3n) is 2.76. The Bertz CT molecular complexity index is 480. The molecule has 0 aromatic heterocycles. The molecule has 0 fully saturated rings. The summed E-state index contributed by atoms with van der Waals surface area (Å²) in [5, 5.41) is 3.97. The van der Waals surface area contributed by atoms with E-state index in [1.807, 2.05) is 37.3 Å². The predicted octanol–water partition coefficient (Wildman–Crippen LogP) is 4.52. The van der Waals surface area contributed by atoms with Crippen molar-refractivity contribution in [1.82, 2.24) is 0 Å². The summed E-state index contributed by atoms with van der Waals surface area (Å²) in [7, 11) is 0. The van der Waals surface area contributed by atoms with Crippen LogP contribution in [-0.2, 0) is 6.42 Å². The van der Waals surface area contributed by atoms with E-state index in [1.165, 1.54) is 6.07 Å². The summed E-state index contributed by atoms with van der Waals surface area (Å²) < 4.78 is 13.5. The summed E-state index contributed by atoms with van der Waals surface area (Å²) in [6.07, 6.45) is 0.623. The van der Waals surface area contributed by atoms with E-state index in [0.717, 1.165) is 5.69 Å². The molecule has 0 saturated carbocycles. The van der Waals surface area contributed by atoms with Crippen LogP contribution >= 0.6 is 11.6 Å². The third kappa shape index (κ3) is 3.23. The van der Waals surface area contributed by atoms with Gasteiger partial charge in [-0.25, -0.2) is 4.39 Å². The zero-order valence-corrected chi connectivity index (χ0v) is 10.9. The van der Waals surface area contributed by atoms with E-state index >= 15 is 0 Å². The van der Waals surface area contributed by atoms with Crippen LogP contribution in [0.4, 0.5) is 10.1 Å². The molecule has 2 aromatic rings. The van der Waals surface area contributed by atoms with Crippen molar-refractivity contribution in [3.05, 3.63) is 64.9 Å². The van der Waals surface area contributed by atoms with Gasteiger partial charge in [0.05, 0.1) is 10.7 Å². The molecule has 1 nitrogen and oxygen atoms in total. The number of halogens is 2. The first-order chi connectivity index (χ1) is 8.66. The molecular formula is C15H15ClFN. The van der Waals surface area contributed by atoms with Crippen molar-refractivity contribution in [2.75, 3.05) is 5.32 Å². The molecule has 0 aliphatic carbocycles. The lowest BCUT2D eigenvalue weighted by Gasteiger charge is -2.16. The molecule has 3 heteroatoms. The molecule has 0 radical (unpaired) electrons. The summed E-state index contributed by atoms with van der Waals surface area (Å²) in [5.41, 5.74) is 1.59. The minimum absolute atomic E-state index is 0.113. The molecule has 0 aliphatic heterocycles. The molecule has 1 unspecified atom stereocenters. The molecule has 0 aliphatic rings. The number of rotatable bonds is 4. The zero-order valence-electron chi connectivity index (χ0n) is 10.2. The number of hydrogen-bond donors (Lipinski definition) is 1. The van der Waals surface area contributed by atoms with Gasteiger partial charge in [-0.1, -0.05) is 41.9 Å². The van der Waals surface area contributed by atoms with Gasteiger partial charge in [-0.15, -0.1) is 0 Å². The van der Waals surface area contributed by atoms with E-state index in [9.17, 15) is 4.39 Å². The van der Waals surface area contributed by atoms with Crippen molar-refractivity contribution >= 4 is 17.3 Å². The van der Waals surface area contributed by atoms with Gasteiger partial charge in [-0.2, -0.15) is 0 Å². The fraction of sp³-hybridized carbons (Fsp3) is 0.200. The van der Waals surface area contributed by atoms with Gasteiger partial charge >= 0.3 is 0 Å². The zero-order chi connectivity index (χ0) is 13.0. The predicted molar refractivity (Wildman–Crippen MR) is 74.6 cm³/mol. The highest BCUT2D eigenvalue weighted by molar-refractivity contribution is 6.33. The van der Waals surface area contributed by atoms with Crippen LogP contribution in [0, 0.1) is 5.82 Å². The van der Waals surface area contributed by atoms with Crippen molar-refractivity contribution in [2.45, 2.75) is 19.4 Å². The van der Waals surface area contributed by atoms with E-state index in [4.69, 9.17) is 11.6 Å². The highest BCUT2D eigenvalue weighted by atomic mass is 35.5. The first kappa shape index (κ1) is 12.9. The molecular weight excluding hydrogens is 249 g/mol. The topological polar surface area (TPSA) is 12.0 Å². The van der Waals surface area contributed by atoms with Gasteiger partial charge in [-0.3, -0.25) is 0 Å². The van der Waals surface area contributed by atoms with Crippen molar-refractivity contribution < 1.29 is 4.39 Å². The van der Waals surface area contributed by atoms with Gasteiger partial charge < -0.3 is 5.32 Å². The largest absolute Gasteiger partial charge is 0.381 e. The Morgan fingerprint density at radius 2 is 1.78 bits per heavy atom. The average molecular weight is 264 g/mol. The van der Waals surface area contributed by atoms with Crippen molar-refractivity contribution in [1.29, 1.82) is 0 Å². The normalized spacial score (nSPS) is 12.2. The van der Waals surface area contributed by atoms with E-state index in [0.29, 0.717) is 17.0 Å². The van der Waals surface area contributed by atoms with Crippen LogP contribution in [0.1, 0.15) is 12.5 Å². The second-order valence-corrected chi connectivity index (χ2v) is 4.73. The van der Waals surface area contributed by atoms with Crippen molar-refractivity contribution in [2.24, 2.45) is 0 Å². The van der Waals surface area contributed by atoms with Crippen molar-refractivity contribution in [3.63, 3.8) is 0 Å². The Hall–Kier alpha value is -1.54. The van der Waals surface area contributed by atoms with Crippen molar-refractivity contribution in [3.8, 4) is 0 Å². The Balaban J connectivity index is 2.04. The van der Waals surface area contributed by atoms with Gasteiger partial charge in [0.1, 0.15) is 5.82 Å². The van der Waals surface area contributed by atoms with Gasteiger partial charge in [-0.05, 0) is 37.1 Å². The highest BCUT2D eigenvalue weighted by Crippen LogP contribution is 2.22. The quantitative estimate of drug-likeness (QED) is 0.855. The van der Waals surface area contributed by atoms with Crippen LogP contribution in [0.2, 0.25) is 5.02 Å². The monoisotopic (exact) mass is 263 g/mol. The van der Waals surface area contributed by atoms with Gasteiger partial charge in [0, 0.05) is 6.04 Å². The first-order valence-corrected chi connectivity index (χ1v) is 6.29. The maximum absolute atomic E-state index is 13.5. The average Bonchev–Trinajstić information content (AvgIpc) is 2.35. The highest BCUT2D eigenvalue weighted by Gasteiger charge is 2.08. The van der Waals surface area contributed by atoms with Crippen LogP contribution in [0.25, 0.3) is 0 Å². The molecule has 0 amide bonds. The fourth-order valence-electron chi connectivity index (χ4n) is 1.89. The number of benzene rings is 2. The first-order valence-electron chi connectivity index (χ1n) is 5.91. The van der Waals surface area contributed by atoms with Crippen LogP contribution in [0.3, 0.4) is 0 Å². The van der Waals surface area contributed by atoms with Crippen LogP contribution < -0.4 is 5.32 Å². The Labute approximate surface area is 112 Å². The smallest absolute Gasteiger partial charge is 0.126 e. The van der Waals surface area contributed by atoms with Gasteiger partial charge in [0.15, 0.2) is 0 Å². The lowest BCUT2D eigenvalue weighted by Crippen LogP contribution is -2.18. The van der Waals surface area contributed by atoms with Crippen LogP contribution in [0.5, 0.6) is 0 Å². The van der Waals surface area contributed by atoms with Crippen LogP contribution in [-0.4, -0.2) is 6.04 Å². The maximum Gasteiger partial charge on any atom is 0.126 e. The molecule has 0 saturated heterocycles. The summed E-state index contributed by atoms with van der Waals surface area (Å²) in [6, 6.07) is 14.5. The summed E-state index contributed by atoms with van der Waals surface area (Å²) in [4.78, 5) is 0. The molecule has 1 atom stereocenters. The molecule has 94 valence electrons. The summed E-state index contributed by atoms with van der Waals surface area (Å²) in [6.45, 7) is 2.01. The number of nitrogens with one attached hydrogen (secondary N) is 1. The molecule has 0 spiro atoms. The van der Waals surface area contributed by atoms with E-state index in [1.54, 1.807) is 12.1 Å². The van der Waals surface area contributed by atoms with Gasteiger partial charge in [0.2, 0.25) is 0 Å². The lowest BCUT2D eigenvalue weighted by atomic mass is 10.1. The molecule has 2 rings (SSSR count). The van der Waals surface area contributed by atoms with E-state index in [-0.39, 0.29) is 11.9 Å². The molecule has 1 N–H and O–H groups in total. The van der Waals surface area contributed by atoms with Gasteiger partial charge in [0.25, 0.3) is 0 Å². The number of hydrogen-bond acceptors (Lipinski definition) is 1. The number of anilines is 1.